The standard InChI is InChI=1S/C13H17N3/c1-2-16(10-11-4-3-5-11)13-7-6-12(8-14)9-15-13/h6-7,9,11H,2-5,10H2,1H3. The molecular formula is C13H17N3. The summed E-state index contributed by atoms with van der Waals surface area (Å²) < 4.78 is 0. The third kappa shape index (κ3) is 2.33. The van der Waals surface area contributed by atoms with E-state index in [4.69, 9.17) is 5.26 Å². The molecule has 2 rings (SSSR count). The fourth-order valence-corrected chi connectivity index (χ4v) is 2.01. The Bertz CT molecular complexity index is 373. The Morgan fingerprint density at radius 2 is 2.31 bits per heavy atom. The van der Waals surface area contributed by atoms with Gasteiger partial charge in [0, 0.05) is 19.3 Å². The number of nitrogens with zero attached hydrogens (tertiary/aromatic N) is 3. The zero-order chi connectivity index (χ0) is 11.4. The van der Waals surface area contributed by atoms with E-state index in [1.807, 2.05) is 12.1 Å². The predicted octanol–water partition coefficient (Wildman–Crippen LogP) is 2.58. The molecule has 1 saturated carbocycles. The molecule has 0 radical (unpaired) electrons. The quantitative estimate of drug-likeness (QED) is 0.775. The fourth-order valence-electron chi connectivity index (χ4n) is 2.01. The Hall–Kier alpha value is -1.56. The van der Waals surface area contributed by atoms with Gasteiger partial charge < -0.3 is 4.90 Å². The van der Waals surface area contributed by atoms with E-state index in [-0.39, 0.29) is 0 Å². The highest BCUT2D eigenvalue weighted by atomic mass is 15.2. The average Bonchev–Trinajstić information content (AvgIpc) is 2.28. The molecule has 0 N–H and O–H groups in total. The molecule has 3 heteroatoms. The first-order valence-electron chi connectivity index (χ1n) is 5.94. The monoisotopic (exact) mass is 215 g/mol. The second-order valence-corrected chi connectivity index (χ2v) is 4.35. The van der Waals surface area contributed by atoms with Crippen molar-refractivity contribution in [3.05, 3.63) is 23.9 Å². The maximum absolute atomic E-state index is 8.71. The minimum atomic E-state index is 0.628. The molecule has 1 aliphatic rings. The molecule has 0 aliphatic heterocycles. The van der Waals surface area contributed by atoms with E-state index < -0.39 is 0 Å². The topological polar surface area (TPSA) is 39.9 Å². The van der Waals surface area contributed by atoms with Gasteiger partial charge in [-0.25, -0.2) is 4.98 Å². The SMILES string of the molecule is CCN(CC1CCC1)c1ccc(C#N)cn1. The molecule has 16 heavy (non-hydrogen) atoms. The molecule has 3 nitrogen and oxygen atoms in total. The van der Waals surface area contributed by atoms with Crippen molar-refractivity contribution in [2.75, 3.05) is 18.0 Å². The van der Waals surface area contributed by atoms with Crippen LogP contribution in [0.2, 0.25) is 0 Å². The van der Waals surface area contributed by atoms with Gasteiger partial charge in [-0.3, -0.25) is 0 Å². The summed E-state index contributed by atoms with van der Waals surface area (Å²) in [6, 6.07) is 5.88. The fraction of sp³-hybridized carbons (Fsp3) is 0.538. The van der Waals surface area contributed by atoms with E-state index in [1.54, 1.807) is 6.20 Å². The second kappa shape index (κ2) is 4.98. The normalized spacial score (nSPS) is 15.2. The van der Waals surface area contributed by atoms with Crippen LogP contribution in [0.1, 0.15) is 31.7 Å². The minimum Gasteiger partial charge on any atom is -0.357 e. The van der Waals surface area contributed by atoms with E-state index in [0.29, 0.717) is 5.56 Å². The van der Waals surface area contributed by atoms with Crippen molar-refractivity contribution in [3.8, 4) is 6.07 Å². The van der Waals surface area contributed by atoms with Crippen molar-refractivity contribution in [1.29, 1.82) is 5.26 Å². The van der Waals surface area contributed by atoms with Gasteiger partial charge >= 0.3 is 0 Å². The molecular weight excluding hydrogens is 198 g/mol. The number of anilines is 1. The van der Waals surface area contributed by atoms with Crippen molar-refractivity contribution in [3.63, 3.8) is 0 Å². The molecule has 0 aromatic carbocycles. The molecule has 1 heterocycles. The zero-order valence-electron chi connectivity index (χ0n) is 9.69. The molecule has 0 amide bonds. The zero-order valence-corrected chi connectivity index (χ0v) is 9.69. The highest BCUT2D eigenvalue weighted by Gasteiger charge is 2.20. The molecule has 0 spiro atoms. The molecule has 0 atom stereocenters. The number of hydrogen-bond donors (Lipinski definition) is 0. The second-order valence-electron chi connectivity index (χ2n) is 4.35. The van der Waals surface area contributed by atoms with E-state index in [0.717, 1.165) is 24.8 Å². The molecule has 0 bridgehead atoms. The molecule has 1 fully saturated rings. The Morgan fingerprint density at radius 3 is 2.75 bits per heavy atom. The highest BCUT2D eigenvalue weighted by molar-refractivity contribution is 5.41. The third-order valence-corrected chi connectivity index (χ3v) is 3.29. The lowest BCUT2D eigenvalue weighted by Gasteiger charge is -2.32. The minimum absolute atomic E-state index is 0.628. The number of aromatic nitrogens is 1. The number of nitriles is 1. The smallest absolute Gasteiger partial charge is 0.128 e. The molecule has 1 aromatic rings. The summed E-state index contributed by atoms with van der Waals surface area (Å²) in [6.07, 6.45) is 5.74. The van der Waals surface area contributed by atoms with Crippen molar-refractivity contribution in [1.82, 2.24) is 4.98 Å². The average molecular weight is 215 g/mol. The Kier molecular flexibility index (Phi) is 3.40. The first kappa shape index (κ1) is 10.9. The van der Waals surface area contributed by atoms with Crippen molar-refractivity contribution in [2.24, 2.45) is 5.92 Å². The summed E-state index contributed by atoms with van der Waals surface area (Å²) in [5.41, 5.74) is 0.628. The van der Waals surface area contributed by atoms with Gasteiger partial charge in [0.25, 0.3) is 0 Å². The maximum Gasteiger partial charge on any atom is 0.128 e. The van der Waals surface area contributed by atoms with Crippen LogP contribution < -0.4 is 4.90 Å². The lowest BCUT2D eigenvalue weighted by molar-refractivity contribution is 0.318. The van der Waals surface area contributed by atoms with E-state index in [1.165, 1.54) is 19.3 Å². The van der Waals surface area contributed by atoms with Crippen LogP contribution in [0.4, 0.5) is 5.82 Å². The van der Waals surface area contributed by atoms with Crippen molar-refractivity contribution >= 4 is 5.82 Å². The summed E-state index contributed by atoms with van der Waals surface area (Å²) in [4.78, 5) is 6.63. The Labute approximate surface area is 96.7 Å². The van der Waals surface area contributed by atoms with Gasteiger partial charge in [-0.2, -0.15) is 5.26 Å². The number of rotatable bonds is 4. The van der Waals surface area contributed by atoms with Crippen molar-refractivity contribution in [2.45, 2.75) is 26.2 Å². The van der Waals surface area contributed by atoms with Gasteiger partial charge in [0.15, 0.2) is 0 Å². The lowest BCUT2D eigenvalue weighted by Crippen LogP contribution is -2.32. The third-order valence-electron chi connectivity index (χ3n) is 3.29. The van der Waals surface area contributed by atoms with Gasteiger partial charge in [0.05, 0.1) is 5.56 Å². The van der Waals surface area contributed by atoms with Crippen LogP contribution in [0, 0.1) is 17.2 Å². The summed E-state index contributed by atoms with van der Waals surface area (Å²) >= 11 is 0. The molecule has 0 unspecified atom stereocenters. The molecule has 1 aromatic heterocycles. The summed E-state index contributed by atoms with van der Waals surface area (Å²) in [5, 5.41) is 8.71. The molecule has 84 valence electrons. The van der Waals surface area contributed by atoms with Crippen molar-refractivity contribution < 1.29 is 0 Å². The number of hydrogen-bond acceptors (Lipinski definition) is 3. The van der Waals surface area contributed by atoms with Crippen LogP contribution in [0.3, 0.4) is 0 Å². The molecule has 0 saturated heterocycles. The summed E-state index contributed by atoms with van der Waals surface area (Å²) in [6.45, 7) is 4.24. The maximum atomic E-state index is 8.71. The number of pyridine rings is 1. The van der Waals surface area contributed by atoms with Gasteiger partial charge in [0.1, 0.15) is 11.9 Å². The Morgan fingerprint density at radius 1 is 1.50 bits per heavy atom. The summed E-state index contributed by atoms with van der Waals surface area (Å²) in [7, 11) is 0. The van der Waals surface area contributed by atoms with Crippen LogP contribution in [0.15, 0.2) is 18.3 Å². The van der Waals surface area contributed by atoms with Gasteiger partial charge in [-0.15, -0.1) is 0 Å². The largest absolute Gasteiger partial charge is 0.357 e. The molecule has 1 aliphatic carbocycles. The van der Waals surface area contributed by atoms with Crippen LogP contribution in [-0.2, 0) is 0 Å². The van der Waals surface area contributed by atoms with Crippen LogP contribution in [0.25, 0.3) is 0 Å². The first-order chi connectivity index (χ1) is 7.83. The lowest BCUT2D eigenvalue weighted by atomic mass is 9.85. The van der Waals surface area contributed by atoms with Gasteiger partial charge in [-0.1, -0.05) is 6.42 Å². The van der Waals surface area contributed by atoms with E-state index in [9.17, 15) is 0 Å². The van der Waals surface area contributed by atoms with Crippen LogP contribution in [0.5, 0.6) is 0 Å². The van der Waals surface area contributed by atoms with E-state index >= 15 is 0 Å². The highest BCUT2D eigenvalue weighted by Crippen LogP contribution is 2.28. The summed E-state index contributed by atoms with van der Waals surface area (Å²) in [5.74, 6) is 1.84. The Balaban J connectivity index is 2.03. The predicted molar refractivity (Wildman–Crippen MR) is 64.2 cm³/mol. The van der Waals surface area contributed by atoms with Crippen LogP contribution >= 0.6 is 0 Å². The van der Waals surface area contributed by atoms with Gasteiger partial charge in [0.2, 0.25) is 0 Å². The van der Waals surface area contributed by atoms with Crippen LogP contribution in [-0.4, -0.2) is 18.1 Å². The van der Waals surface area contributed by atoms with Gasteiger partial charge in [-0.05, 0) is 37.8 Å². The van der Waals surface area contributed by atoms with E-state index in [2.05, 4.69) is 22.9 Å². The first-order valence-corrected chi connectivity index (χ1v) is 5.94.